The number of esters is 2. The van der Waals surface area contributed by atoms with Gasteiger partial charge in [0, 0.05) is 0 Å². The fraction of sp³-hybridized carbons (Fsp3) is 0.261. The second kappa shape index (κ2) is 9.44. The molecule has 0 radical (unpaired) electrons. The van der Waals surface area contributed by atoms with Crippen LogP contribution in [0.5, 0.6) is 0 Å². The highest BCUT2D eigenvalue weighted by molar-refractivity contribution is 5.95. The second-order valence-corrected chi connectivity index (χ2v) is 6.95. The van der Waals surface area contributed by atoms with Gasteiger partial charge in [-0.25, -0.2) is 14.4 Å². The zero-order valence-electron chi connectivity index (χ0n) is 17.3. The van der Waals surface area contributed by atoms with Crippen molar-refractivity contribution in [3.8, 4) is 0 Å². The third-order valence-corrected chi connectivity index (χ3v) is 4.89. The summed E-state index contributed by atoms with van der Waals surface area (Å²) >= 11 is 0. The number of benzene rings is 2. The molecule has 0 fully saturated rings. The lowest BCUT2D eigenvalue weighted by molar-refractivity contribution is -0.161. The van der Waals surface area contributed by atoms with Crippen molar-refractivity contribution in [2.45, 2.75) is 25.5 Å². The Morgan fingerprint density at radius 2 is 1.55 bits per heavy atom. The third kappa shape index (κ3) is 4.59. The van der Waals surface area contributed by atoms with E-state index in [1.165, 1.54) is 0 Å². The molecule has 0 saturated carbocycles. The Morgan fingerprint density at radius 3 is 2.06 bits per heavy atom. The normalized spacial score (nSPS) is 16.2. The SMILES string of the molecule is CCOC(=O)C1=C(COC(=O)C(O)(c2ccccc2)c2ccccc2)NC(=O)N[C@@H]1C. The molecular weight excluding hydrogens is 400 g/mol. The summed E-state index contributed by atoms with van der Waals surface area (Å²) in [5.41, 5.74) is -1.17. The number of amides is 2. The molecule has 0 bridgehead atoms. The molecular formula is C23H24N2O6. The van der Waals surface area contributed by atoms with Gasteiger partial charge in [0.25, 0.3) is 0 Å². The molecule has 0 aromatic heterocycles. The minimum absolute atomic E-state index is 0.103. The molecule has 2 aromatic carbocycles. The minimum Gasteiger partial charge on any atom is -0.463 e. The van der Waals surface area contributed by atoms with Gasteiger partial charge in [0.2, 0.25) is 5.60 Å². The van der Waals surface area contributed by atoms with Gasteiger partial charge >= 0.3 is 18.0 Å². The Balaban J connectivity index is 1.92. The van der Waals surface area contributed by atoms with Crippen LogP contribution in [0.3, 0.4) is 0 Å². The maximum atomic E-state index is 13.1. The van der Waals surface area contributed by atoms with Gasteiger partial charge in [-0.2, -0.15) is 0 Å². The monoisotopic (exact) mass is 424 g/mol. The summed E-state index contributed by atoms with van der Waals surface area (Å²) in [5, 5.41) is 16.5. The van der Waals surface area contributed by atoms with E-state index < -0.39 is 36.2 Å². The Bertz CT molecular complexity index is 948. The molecule has 1 heterocycles. The first kappa shape index (κ1) is 22.0. The van der Waals surface area contributed by atoms with Crippen molar-refractivity contribution in [3.63, 3.8) is 0 Å². The lowest BCUT2D eigenvalue weighted by Gasteiger charge is -2.29. The topological polar surface area (TPSA) is 114 Å². The molecule has 162 valence electrons. The first-order chi connectivity index (χ1) is 14.9. The summed E-state index contributed by atoms with van der Waals surface area (Å²) in [7, 11) is 0. The van der Waals surface area contributed by atoms with Crippen LogP contribution in [0.15, 0.2) is 71.9 Å². The number of urea groups is 1. The van der Waals surface area contributed by atoms with E-state index in [2.05, 4.69) is 10.6 Å². The molecule has 2 amide bonds. The number of aliphatic hydroxyl groups is 1. The van der Waals surface area contributed by atoms with E-state index in [4.69, 9.17) is 9.47 Å². The lowest BCUT2D eigenvalue weighted by Crippen LogP contribution is -2.50. The molecule has 8 nitrogen and oxygen atoms in total. The molecule has 31 heavy (non-hydrogen) atoms. The maximum Gasteiger partial charge on any atom is 0.348 e. The van der Waals surface area contributed by atoms with Crippen molar-refractivity contribution in [2.75, 3.05) is 13.2 Å². The number of ether oxygens (including phenoxy) is 2. The molecule has 8 heteroatoms. The zero-order valence-corrected chi connectivity index (χ0v) is 17.3. The van der Waals surface area contributed by atoms with Crippen LogP contribution >= 0.6 is 0 Å². The molecule has 1 aliphatic heterocycles. The lowest BCUT2D eigenvalue weighted by atomic mass is 9.86. The van der Waals surface area contributed by atoms with E-state index in [0.29, 0.717) is 11.1 Å². The van der Waals surface area contributed by atoms with Gasteiger partial charge in [0.15, 0.2) is 0 Å². The van der Waals surface area contributed by atoms with Crippen LogP contribution < -0.4 is 10.6 Å². The highest BCUT2D eigenvalue weighted by Gasteiger charge is 2.42. The molecule has 1 aliphatic rings. The number of nitrogens with one attached hydrogen (secondary N) is 2. The predicted molar refractivity (Wildman–Crippen MR) is 112 cm³/mol. The van der Waals surface area contributed by atoms with Crippen molar-refractivity contribution >= 4 is 18.0 Å². The van der Waals surface area contributed by atoms with Crippen molar-refractivity contribution in [3.05, 3.63) is 83.1 Å². The minimum atomic E-state index is -2.07. The highest BCUT2D eigenvalue weighted by Crippen LogP contribution is 2.31. The molecule has 0 unspecified atom stereocenters. The highest BCUT2D eigenvalue weighted by atomic mass is 16.6. The smallest absolute Gasteiger partial charge is 0.348 e. The number of hydrogen-bond acceptors (Lipinski definition) is 6. The molecule has 2 aromatic rings. The van der Waals surface area contributed by atoms with Gasteiger partial charge in [-0.15, -0.1) is 0 Å². The number of carbonyl (C=O) groups excluding carboxylic acids is 3. The summed E-state index contributed by atoms with van der Waals surface area (Å²) in [6.07, 6.45) is 0. The van der Waals surface area contributed by atoms with Crippen LogP contribution in [0.4, 0.5) is 4.79 Å². The van der Waals surface area contributed by atoms with Crippen molar-refractivity contribution in [1.82, 2.24) is 10.6 Å². The Hall–Kier alpha value is -3.65. The molecule has 3 N–H and O–H groups in total. The van der Waals surface area contributed by atoms with Gasteiger partial charge in [-0.3, -0.25) is 0 Å². The second-order valence-electron chi connectivity index (χ2n) is 6.95. The number of rotatable bonds is 7. The summed E-state index contributed by atoms with van der Waals surface area (Å²) in [4.78, 5) is 37.4. The summed E-state index contributed by atoms with van der Waals surface area (Å²) in [5.74, 6) is -1.57. The standard InChI is InChI=1S/C23H24N2O6/c1-3-30-20(26)19-15(2)24-22(28)25-18(19)14-31-21(27)23(29,16-10-6-4-7-11-16)17-12-8-5-9-13-17/h4-13,15,29H,3,14H2,1-2H3,(H2,24,25,28)/t15-/m1/s1. The van der Waals surface area contributed by atoms with Crippen LogP contribution in [-0.2, 0) is 24.7 Å². The Labute approximate surface area is 179 Å². The summed E-state index contributed by atoms with van der Waals surface area (Å²) < 4.78 is 10.5. The first-order valence-electron chi connectivity index (χ1n) is 9.86. The average Bonchev–Trinajstić information content (AvgIpc) is 2.77. The summed E-state index contributed by atoms with van der Waals surface area (Å²) in [6, 6.07) is 15.6. The van der Waals surface area contributed by atoms with Gasteiger partial charge < -0.3 is 25.2 Å². The molecule has 3 rings (SSSR count). The van der Waals surface area contributed by atoms with E-state index in [0.717, 1.165) is 0 Å². The first-order valence-corrected chi connectivity index (χ1v) is 9.86. The fourth-order valence-corrected chi connectivity index (χ4v) is 3.40. The Kier molecular flexibility index (Phi) is 6.71. The van der Waals surface area contributed by atoms with Crippen molar-refractivity contribution in [1.29, 1.82) is 0 Å². The van der Waals surface area contributed by atoms with Gasteiger partial charge in [-0.1, -0.05) is 60.7 Å². The van der Waals surface area contributed by atoms with E-state index in [1.54, 1.807) is 74.5 Å². The van der Waals surface area contributed by atoms with Crippen LogP contribution in [0.2, 0.25) is 0 Å². The molecule has 0 spiro atoms. The molecule has 0 saturated heterocycles. The zero-order chi connectivity index (χ0) is 22.4. The Morgan fingerprint density at radius 1 is 1.00 bits per heavy atom. The molecule has 0 aliphatic carbocycles. The summed E-state index contributed by atoms with van der Waals surface area (Å²) in [6.45, 7) is 3.01. The van der Waals surface area contributed by atoms with E-state index >= 15 is 0 Å². The van der Waals surface area contributed by atoms with Crippen molar-refractivity contribution < 1.29 is 29.0 Å². The van der Waals surface area contributed by atoms with Crippen LogP contribution in [0.25, 0.3) is 0 Å². The fourth-order valence-electron chi connectivity index (χ4n) is 3.40. The van der Waals surface area contributed by atoms with Gasteiger partial charge in [0.05, 0.1) is 23.9 Å². The number of hydrogen-bond donors (Lipinski definition) is 3. The maximum absolute atomic E-state index is 13.1. The van der Waals surface area contributed by atoms with E-state index in [9.17, 15) is 19.5 Å². The van der Waals surface area contributed by atoms with Crippen molar-refractivity contribution in [2.24, 2.45) is 0 Å². The molecule has 1 atom stereocenters. The average molecular weight is 424 g/mol. The van der Waals surface area contributed by atoms with Crippen LogP contribution in [-0.4, -0.2) is 42.3 Å². The number of carbonyl (C=O) groups is 3. The van der Waals surface area contributed by atoms with Crippen LogP contribution in [0.1, 0.15) is 25.0 Å². The third-order valence-electron chi connectivity index (χ3n) is 4.89. The quantitative estimate of drug-likeness (QED) is 0.586. The van der Waals surface area contributed by atoms with E-state index in [1.807, 2.05) is 0 Å². The van der Waals surface area contributed by atoms with Gasteiger partial charge in [-0.05, 0) is 25.0 Å². The van der Waals surface area contributed by atoms with E-state index in [-0.39, 0.29) is 17.9 Å². The largest absolute Gasteiger partial charge is 0.463 e. The predicted octanol–water partition coefficient (Wildman–Crippen LogP) is 1.98. The van der Waals surface area contributed by atoms with Crippen LogP contribution in [0, 0.1) is 0 Å². The van der Waals surface area contributed by atoms with Gasteiger partial charge in [0.1, 0.15) is 6.61 Å².